The Labute approximate surface area is 261 Å². The maximum atomic E-state index is 14.1. The van der Waals surface area contributed by atoms with Gasteiger partial charge in [-0.2, -0.15) is 0 Å². The molecule has 0 fully saturated rings. The first-order chi connectivity index (χ1) is 21.9. The lowest BCUT2D eigenvalue weighted by Crippen LogP contribution is -2.40. The van der Waals surface area contributed by atoms with Crippen LogP contribution in [-0.4, -0.2) is 76.3 Å². The molecule has 0 aliphatic carbocycles. The highest BCUT2D eigenvalue weighted by Crippen LogP contribution is 2.39. The third-order valence-corrected chi connectivity index (χ3v) is 7.93. The van der Waals surface area contributed by atoms with Gasteiger partial charge in [0.25, 0.3) is 11.5 Å². The molecule has 0 radical (unpaired) electrons. The molecule has 5 rings (SSSR count). The van der Waals surface area contributed by atoms with Crippen LogP contribution >= 0.6 is 0 Å². The van der Waals surface area contributed by atoms with Crippen LogP contribution in [0.1, 0.15) is 36.3 Å². The number of carbonyl (C=O) groups excluding carboxylic acids is 1. The number of hydrogen-bond acceptors (Lipinski definition) is 8. The van der Waals surface area contributed by atoms with Crippen LogP contribution in [0.2, 0.25) is 0 Å². The number of aromatic amines is 1. The number of allylic oxidation sites excluding steroid dienone is 1. The van der Waals surface area contributed by atoms with E-state index < -0.39 is 18.1 Å². The Morgan fingerprint density at radius 3 is 2.53 bits per heavy atom. The number of benzene rings is 2. The van der Waals surface area contributed by atoms with Gasteiger partial charge >= 0.3 is 0 Å². The minimum absolute atomic E-state index is 0.0470. The summed E-state index contributed by atoms with van der Waals surface area (Å²) in [6.07, 6.45) is 1.44. The van der Waals surface area contributed by atoms with Crippen molar-refractivity contribution in [1.82, 2.24) is 24.6 Å². The highest BCUT2D eigenvalue weighted by atomic mass is 16.7. The fourth-order valence-electron chi connectivity index (χ4n) is 5.69. The van der Waals surface area contributed by atoms with Gasteiger partial charge < -0.3 is 34.4 Å². The van der Waals surface area contributed by atoms with E-state index in [9.17, 15) is 9.59 Å². The van der Waals surface area contributed by atoms with Gasteiger partial charge in [0.1, 0.15) is 5.82 Å². The number of para-hydroxylation sites is 3. The summed E-state index contributed by atoms with van der Waals surface area (Å²) in [5.41, 5.74) is 3.59. The van der Waals surface area contributed by atoms with E-state index in [1.54, 1.807) is 10.8 Å². The van der Waals surface area contributed by atoms with E-state index in [2.05, 4.69) is 15.3 Å². The fraction of sp³-hybridized carbons (Fsp3) is 0.424. The molecule has 3 atom stereocenters. The smallest absolute Gasteiger partial charge is 0.286 e. The van der Waals surface area contributed by atoms with Crippen LogP contribution in [0.5, 0.6) is 0 Å². The minimum Gasteiger partial charge on any atom is -0.459 e. The fourth-order valence-corrected chi connectivity index (χ4v) is 5.69. The monoisotopic (exact) mass is 619 g/mol. The molecule has 2 aromatic carbocycles. The van der Waals surface area contributed by atoms with E-state index in [0.29, 0.717) is 44.2 Å². The van der Waals surface area contributed by atoms with Crippen molar-refractivity contribution in [1.29, 1.82) is 0 Å². The van der Waals surface area contributed by atoms with Crippen molar-refractivity contribution < 1.29 is 28.8 Å². The highest BCUT2D eigenvalue weighted by Gasteiger charge is 2.41. The van der Waals surface area contributed by atoms with Crippen molar-refractivity contribution in [2.75, 3.05) is 39.6 Å². The number of rotatable bonds is 15. The van der Waals surface area contributed by atoms with Gasteiger partial charge in [-0.25, -0.2) is 9.67 Å². The molecule has 1 aliphatic heterocycles. The zero-order valence-electron chi connectivity index (χ0n) is 25.9. The largest absolute Gasteiger partial charge is 0.459 e. The van der Waals surface area contributed by atoms with E-state index in [0.717, 1.165) is 22.4 Å². The van der Waals surface area contributed by atoms with E-state index >= 15 is 0 Å². The molecule has 0 saturated carbocycles. The molecule has 0 bridgehead atoms. The second-order valence-corrected chi connectivity index (χ2v) is 10.8. The number of H-pyrrole nitrogens is 1. The van der Waals surface area contributed by atoms with Crippen molar-refractivity contribution >= 4 is 16.9 Å². The average molecular weight is 620 g/mol. The molecule has 4 aromatic rings. The van der Waals surface area contributed by atoms with Crippen LogP contribution in [0.3, 0.4) is 0 Å². The molecule has 3 heterocycles. The predicted molar refractivity (Wildman–Crippen MR) is 168 cm³/mol. The summed E-state index contributed by atoms with van der Waals surface area (Å²) in [4.78, 5) is 35.4. The minimum atomic E-state index is -0.796. The van der Waals surface area contributed by atoms with Crippen molar-refractivity contribution in [3.63, 3.8) is 0 Å². The summed E-state index contributed by atoms with van der Waals surface area (Å²) >= 11 is 0. The Morgan fingerprint density at radius 2 is 1.80 bits per heavy atom. The average Bonchev–Trinajstić information content (AvgIpc) is 3.57. The molecular formula is C33H41N5O7. The lowest BCUT2D eigenvalue weighted by Gasteiger charge is -2.36. The van der Waals surface area contributed by atoms with Crippen molar-refractivity contribution in [3.05, 3.63) is 93.9 Å². The second kappa shape index (κ2) is 15.2. The van der Waals surface area contributed by atoms with Crippen LogP contribution < -0.4 is 10.9 Å². The normalized spacial score (nSPS) is 18.1. The molecule has 1 amide bonds. The van der Waals surface area contributed by atoms with E-state index in [4.69, 9.17) is 24.1 Å². The third-order valence-electron chi connectivity index (χ3n) is 7.93. The lowest BCUT2D eigenvalue weighted by atomic mass is 9.81. The number of hydrogen-bond donors (Lipinski definition) is 3. The first kappa shape index (κ1) is 32.2. The Kier molecular flexibility index (Phi) is 10.8. The summed E-state index contributed by atoms with van der Waals surface area (Å²) in [6, 6.07) is 17.1. The SMILES string of the molecule is CCO[C@@H]1OC(C(=O)NCc2nc3ccccc3[nH]2)=C[C@H](c2c(C)n(C)n(-c3ccccc3)c2=O)[C@@H]1CCOCCOCCO. The Balaban J connectivity index is 1.44. The van der Waals surface area contributed by atoms with Gasteiger partial charge in [-0.3, -0.25) is 14.3 Å². The Morgan fingerprint density at radius 1 is 1.07 bits per heavy atom. The molecular weight excluding hydrogens is 578 g/mol. The van der Waals surface area contributed by atoms with Crippen LogP contribution in [0, 0.1) is 12.8 Å². The van der Waals surface area contributed by atoms with Gasteiger partial charge in [0.05, 0.1) is 49.7 Å². The van der Waals surface area contributed by atoms with Gasteiger partial charge in [-0.05, 0) is 50.6 Å². The molecule has 45 heavy (non-hydrogen) atoms. The zero-order valence-corrected chi connectivity index (χ0v) is 25.9. The molecule has 12 heteroatoms. The Bertz CT molecular complexity index is 1630. The number of ether oxygens (including phenoxy) is 4. The zero-order chi connectivity index (χ0) is 31.8. The maximum Gasteiger partial charge on any atom is 0.286 e. The molecule has 2 aromatic heterocycles. The molecule has 12 nitrogen and oxygen atoms in total. The number of amides is 1. The molecule has 240 valence electrons. The number of aromatic nitrogens is 4. The Hall–Kier alpha value is -4.23. The predicted octanol–water partition coefficient (Wildman–Crippen LogP) is 3.07. The molecule has 0 unspecified atom stereocenters. The molecule has 0 saturated heterocycles. The van der Waals surface area contributed by atoms with Gasteiger partial charge in [-0.15, -0.1) is 0 Å². The van der Waals surface area contributed by atoms with E-state index in [1.807, 2.05) is 80.2 Å². The second-order valence-electron chi connectivity index (χ2n) is 10.8. The topological polar surface area (TPSA) is 142 Å². The first-order valence-electron chi connectivity index (χ1n) is 15.2. The van der Waals surface area contributed by atoms with Crippen LogP contribution in [0.4, 0.5) is 0 Å². The number of nitrogens with zero attached hydrogens (tertiary/aromatic N) is 3. The summed E-state index contributed by atoms with van der Waals surface area (Å²) in [5, 5.41) is 11.8. The standard InChI is InChI=1S/C33H41N5O7/c1-4-44-33-24(14-16-42-18-19-43-17-15-39)25(30-22(2)37(3)38(32(30)41)23-10-6-5-7-11-23)20-28(45-33)31(40)34-21-29-35-26-12-8-9-13-27(26)36-29/h5-13,20,24-25,33,39H,4,14-19,21H2,1-3H3,(H,34,40)(H,35,36)/t24-,25-,33+/m0/s1. The number of aliphatic hydroxyl groups excluding tert-OH is 1. The van der Waals surface area contributed by atoms with E-state index in [1.165, 1.54) is 0 Å². The van der Waals surface area contributed by atoms with Gasteiger partial charge in [0, 0.05) is 43.4 Å². The molecule has 0 spiro atoms. The van der Waals surface area contributed by atoms with E-state index in [-0.39, 0.29) is 37.0 Å². The summed E-state index contributed by atoms with van der Waals surface area (Å²) in [6.45, 7) is 5.55. The highest BCUT2D eigenvalue weighted by molar-refractivity contribution is 5.91. The number of aliphatic hydroxyl groups is 1. The van der Waals surface area contributed by atoms with Gasteiger partial charge in [0.2, 0.25) is 6.29 Å². The number of nitrogens with one attached hydrogen (secondary N) is 2. The summed E-state index contributed by atoms with van der Waals surface area (Å²) in [7, 11) is 1.85. The maximum absolute atomic E-state index is 14.1. The van der Waals surface area contributed by atoms with Crippen LogP contribution in [-0.2, 0) is 37.3 Å². The van der Waals surface area contributed by atoms with Crippen LogP contribution in [0.15, 0.2) is 71.2 Å². The number of fused-ring (bicyclic) bond motifs is 1. The molecule has 1 aliphatic rings. The summed E-state index contributed by atoms with van der Waals surface area (Å²) < 4.78 is 26.8. The van der Waals surface area contributed by atoms with Gasteiger partial charge in [0.15, 0.2) is 5.76 Å². The van der Waals surface area contributed by atoms with Crippen molar-refractivity contribution in [2.45, 2.75) is 39.0 Å². The first-order valence-corrected chi connectivity index (χ1v) is 15.2. The van der Waals surface area contributed by atoms with Gasteiger partial charge in [-0.1, -0.05) is 30.3 Å². The molecule has 3 N–H and O–H groups in total. The van der Waals surface area contributed by atoms with Crippen molar-refractivity contribution in [2.24, 2.45) is 13.0 Å². The number of imidazole rings is 1. The van der Waals surface area contributed by atoms with Crippen LogP contribution in [0.25, 0.3) is 16.7 Å². The third kappa shape index (κ3) is 7.36. The quantitative estimate of drug-likeness (QED) is 0.173. The summed E-state index contributed by atoms with van der Waals surface area (Å²) in [5.74, 6) is -0.564. The number of carbonyl (C=O) groups is 1. The van der Waals surface area contributed by atoms with Crippen molar-refractivity contribution in [3.8, 4) is 5.69 Å². The lowest BCUT2D eigenvalue weighted by molar-refractivity contribution is -0.168.